The molecule has 8 heteroatoms. The summed E-state index contributed by atoms with van der Waals surface area (Å²) in [4.78, 5) is 14.8. The summed E-state index contributed by atoms with van der Waals surface area (Å²) in [6, 6.07) is 2.00. The smallest absolute Gasteiger partial charge is 0.227 e. The molecule has 154 valence electrons. The summed E-state index contributed by atoms with van der Waals surface area (Å²) >= 11 is 0. The fraction of sp³-hybridized carbons (Fsp3) is 0.650. The zero-order valence-corrected chi connectivity index (χ0v) is 17.9. The number of nitrogens with zero attached hydrogens (tertiary/aromatic N) is 5. The highest BCUT2D eigenvalue weighted by molar-refractivity contribution is 7.91. The molecule has 1 aliphatic rings. The van der Waals surface area contributed by atoms with Crippen LogP contribution in [0, 0.1) is 5.92 Å². The maximum Gasteiger partial charge on any atom is 0.227 e. The van der Waals surface area contributed by atoms with E-state index in [2.05, 4.69) is 33.7 Å². The Morgan fingerprint density at radius 1 is 1.32 bits per heavy atom. The number of imidazole rings is 1. The van der Waals surface area contributed by atoms with Crippen molar-refractivity contribution in [2.45, 2.75) is 70.2 Å². The highest BCUT2D eigenvalue weighted by atomic mass is 32.2. The molecule has 0 spiro atoms. The Morgan fingerprint density at radius 3 is 2.71 bits per heavy atom. The van der Waals surface area contributed by atoms with E-state index in [1.54, 1.807) is 18.7 Å². The summed E-state index contributed by atoms with van der Waals surface area (Å²) in [6.07, 6.45) is 10.1. The number of sulfone groups is 1. The summed E-state index contributed by atoms with van der Waals surface area (Å²) in [5, 5.41) is 0.242. The Kier molecular flexibility index (Phi) is 6.82. The highest BCUT2D eigenvalue weighted by Gasteiger charge is 2.30. The first kappa shape index (κ1) is 20.9. The molecule has 0 N–H and O–H groups in total. The van der Waals surface area contributed by atoms with Crippen molar-refractivity contribution in [1.82, 2.24) is 24.4 Å². The second-order valence-corrected chi connectivity index (χ2v) is 9.77. The van der Waals surface area contributed by atoms with Crippen LogP contribution in [0.1, 0.15) is 63.4 Å². The number of hydrogen-bond acceptors (Lipinski definition) is 6. The molecule has 1 saturated carbocycles. The van der Waals surface area contributed by atoms with Gasteiger partial charge in [-0.1, -0.05) is 19.8 Å². The van der Waals surface area contributed by atoms with E-state index in [9.17, 15) is 8.42 Å². The van der Waals surface area contributed by atoms with Crippen LogP contribution in [0.3, 0.4) is 0 Å². The Bertz CT molecular complexity index is 862. The maximum atomic E-state index is 13.0. The SMILES string of the molecule is CCCCn1c(CN(C)C(C)c2ccncn2)cnc1S(=O)(=O)CC1CCC1. The fourth-order valence-electron chi connectivity index (χ4n) is 3.53. The summed E-state index contributed by atoms with van der Waals surface area (Å²) in [5.41, 5.74) is 1.87. The molecular formula is C20H31N5O2S. The van der Waals surface area contributed by atoms with E-state index >= 15 is 0 Å². The van der Waals surface area contributed by atoms with E-state index in [1.807, 2.05) is 17.7 Å². The van der Waals surface area contributed by atoms with Crippen molar-refractivity contribution in [2.75, 3.05) is 12.8 Å². The molecule has 28 heavy (non-hydrogen) atoms. The fourth-order valence-corrected chi connectivity index (χ4v) is 5.39. The van der Waals surface area contributed by atoms with Crippen molar-refractivity contribution in [2.24, 2.45) is 5.92 Å². The van der Waals surface area contributed by atoms with E-state index in [0.717, 1.165) is 43.5 Å². The number of aromatic nitrogens is 4. The van der Waals surface area contributed by atoms with Crippen LogP contribution >= 0.6 is 0 Å². The minimum absolute atomic E-state index is 0.0903. The standard InChI is InChI=1S/C20H31N5O2S/c1-4-5-11-25-18(13-24(3)16(2)19-9-10-21-15-23-19)12-22-20(25)28(26,27)14-17-7-6-8-17/h9-10,12,15-17H,4-8,11,13-14H2,1-3H3. The van der Waals surface area contributed by atoms with Crippen LogP contribution in [0.15, 0.2) is 29.9 Å². The van der Waals surface area contributed by atoms with Crippen LogP contribution in [0.4, 0.5) is 0 Å². The third-order valence-corrected chi connectivity index (χ3v) is 7.49. The van der Waals surface area contributed by atoms with Crippen LogP contribution in [0.2, 0.25) is 0 Å². The molecule has 2 aromatic heterocycles. The van der Waals surface area contributed by atoms with Crippen LogP contribution in [0.25, 0.3) is 0 Å². The van der Waals surface area contributed by atoms with Gasteiger partial charge >= 0.3 is 0 Å². The van der Waals surface area contributed by atoms with Gasteiger partial charge in [0.15, 0.2) is 0 Å². The lowest BCUT2D eigenvalue weighted by Crippen LogP contribution is -2.26. The molecule has 7 nitrogen and oxygen atoms in total. The summed E-state index contributed by atoms with van der Waals surface area (Å²) in [5.74, 6) is 0.521. The summed E-state index contributed by atoms with van der Waals surface area (Å²) in [7, 11) is -1.34. The van der Waals surface area contributed by atoms with Gasteiger partial charge < -0.3 is 4.57 Å². The van der Waals surface area contributed by atoms with E-state index in [1.165, 1.54) is 0 Å². The normalized spacial score (nSPS) is 16.3. The number of hydrogen-bond donors (Lipinski definition) is 0. The van der Waals surface area contributed by atoms with Gasteiger partial charge in [0.1, 0.15) is 6.33 Å². The van der Waals surface area contributed by atoms with Crippen LogP contribution in [-0.4, -0.2) is 45.6 Å². The Labute approximate surface area is 168 Å². The maximum absolute atomic E-state index is 13.0. The predicted octanol–water partition coefficient (Wildman–Crippen LogP) is 3.24. The average Bonchev–Trinajstić information content (AvgIpc) is 3.06. The summed E-state index contributed by atoms with van der Waals surface area (Å²) in [6.45, 7) is 5.49. The van der Waals surface area contributed by atoms with Crippen LogP contribution < -0.4 is 0 Å². The first-order valence-corrected chi connectivity index (χ1v) is 11.8. The molecule has 0 aliphatic heterocycles. The largest absolute Gasteiger partial charge is 0.318 e. The zero-order chi connectivity index (χ0) is 20.1. The third kappa shape index (κ3) is 4.78. The molecule has 1 unspecified atom stereocenters. The highest BCUT2D eigenvalue weighted by Crippen LogP contribution is 2.30. The lowest BCUT2D eigenvalue weighted by Gasteiger charge is -2.26. The van der Waals surface area contributed by atoms with Crippen molar-refractivity contribution >= 4 is 9.84 Å². The zero-order valence-electron chi connectivity index (χ0n) is 17.1. The van der Waals surface area contributed by atoms with Gasteiger partial charge in [0.25, 0.3) is 0 Å². The topological polar surface area (TPSA) is 81.0 Å². The number of rotatable bonds is 10. The van der Waals surface area contributed by atoms with Gasteiger partial charge in [0.05, 0.1) is 23.3 Å². The van der Waals surface area contributed by atoms with Gasteiger partial charge in [0, 0.05) is 25.3 Å². The minimum Gasteiger partial charge on any atom is -0.318 e. The molecule has 1 fully saturated rings. The molecular weight excluding hydrogens is 374 g/mol. The van der Waals surface area contributed by atoms with Gasteiger partial charge in [-0.05, 0) is 45.2 Å². The molecule has 3 rings (SSSR count). The van der Waals surface area contributed by atoms with Crippen LogP contribution in [-0.2, 0) is 22.9 Å². The minimum atomic E-state index is -3.36. The Balaban J connectivity index is 1.81. The first-order valence-electron chi connectivity index (χ1n) is 10.2. The van der Waals surface area contributed by atoms with Gasteiger partial charge in [-0.15, -0.1) is 0 Å². The van der Waals surface area contributed by atoms with E-state index in [-0.39, 0.29) is 17.0 Å². The summed E-state index contributed by atoms with van der Waals surface area (Å²) < 4.78 is 27.8. The molecule has 0 amide bonds. The van der Waals surface area contributed by atoms with Gasteiger partial charge in [-0.2, -0.15) is 0 Å². The average molecular weight is 406 g/mol. The molecule has 0 saturated heterocycles. The second-order valence-electron chi connectivity index (χ2n) is 7.84. The molecule has 0 bridgehead atoms. The van der Waals surface area contributed by atoms with Crippen molar-refractivity contribution in [1.29, 1.82) is 0 Å². The van der Waals surface area contributed by atoms with E-state index in [0.29, 0.717) is 19.0 Å². The lowest BCUT2D eigenvalue weighted by atomic mass is 9.87. The van der Waals surface area contributed by atoms with Crippen molar-refractivity contribution < 1.29 is 8.42 Å². The van der Waals surface area contributed by atoms with Crippen molar-refractivity contribution in [3.05, 3.63) is 36.2 Å². The monoisotopic (exact) mass is 405 g/mol. The van der Waals surface area contributed by atoms with Gasteiger partial charge in [-0.3, -0.25) is 4.90 Å². The van der Waals surface area contributed by atoms with E-state index in [4.69, 9.17) is 0 Å². The Morgan fingerprint density at radius 2 is 2.11 bits per heavy atom. The van der Waals surface area contributed by atoms with Gasteiger partial charge in [0.2, 0.25) is 15.0 Å². The van der Waals surface area contributed by atoms with Gasteiger partial charge in [-0.25, -0.2) is 23.4 Å². The van der Waals surface area contributed by atoms with Crippen molar-refractivity contribution in [3.8, 4) is 0 Å². The molecule has 1 aliphatic carbocycles. The molecule has 0 aromatic carbocycles. The quantitative estimate of drug-likeness (QED) is 0.604. The second kappa shape index (κ2) is 9.13. The van der Waals surface area contributed by atoms with Crippen molar-refractivity contribution in [3.63, 3.8) is 0 Å². The molecule has 0 radical (unpaired) electrons. The molecule has 2 aromatic rings. The lowest BCUT2D eigenvalue weighted by molar-refractivity contribution is 0.241. The third-order valence-electron chi connectivity index (χ3n) is 5.70. The molecule has 1 atom stereocenters. The first-order chi connectivity index (χ1) is 13.4. The predicted molar refractivity (Wildman–Crippen MR) is 108 cm³/mol. The number of unbranched alkanes of at least 4 members (excludes halogenated alkanes) is 1. The van der Waals surface area contributed by atoms with E-state index < -0.39 is 9.84 Å². The Hall–Kier alpha value is -1.80. The molecule has 2 heterocycles. The van der Waals surface area contributed by atoms with Crippen LogP contribution in [0.5, 0.6) is 0 Å².